The van der Waals surface area contributed by atoms with Crippen LogP contribution in [0.2, 0.25) is 0 Å². The first kappa shape index (κ1) is 18.5. The number of aryl methyl sites for hydroxylation is 2. The molecule has 27 heavy (non-hydrogen) atoms. The van der Waals surface area contributed by atoms with Crippen LogP contribution in [0.15, 0.2) is 53.1 Å². The number of halogens is 1. The first-order valence-electron chi connectivity index (χ1n) is 8.01. The molecule has 0 bridgehead atoms. The zero-order chi connectivity index (χ0) is 19.4. The van der Waals surface area contributed by atoms with Crippen LogP contribution in [0.5, 0.6) is 11.5 Å². The second kappa shape index (κ2) is 7.96. The highest BCUT2D eigenvalue weighted by Crippen LogP contribution is 2.26. The molecule has 2 aromatic carbocycles. The van der Waals surface area contributed by atoms with E-state index >= 15 is 0 Å². The predicted octanol–water partition coefficient (Wildman–Crippen LogP) is 4.35. The number of aromatic nitrogens is 1. The number of rotatable bonds is 4. The number of anilines is 1. The van der Waals surface area contributed by atoms with Gasteiger partial charge in [-0.2, -0.15) is 0 Å². The largest absolute Gasteiger partial charge is 0.454 e. The molecule has 0 fully saturated rings. The van der Waals surface area contributed by atoms with Crippen molar-refractivity contribution in [2.45, 2.75) is 13.8 Å². The van der Waals surface area contributed by atoms with Gasteiger partial charge in [0, 0.05) is 11.8 Å². The number of carbonyl (C=O) groups excluding carboxylic acids is 1. The van der Waals surface area contributed by atoms with Crippen molar-refractivity contribution >= 4 is 28.9 Å². The average Bonchev–Trinajstić information content (AvgIpc) is 2.96. The lowest BCUT2D eigenvalue weighted by Crippen LogP contribution is -2.34. The Hall–Kier alpha value is -3.26. The first-order chi connectivity index (χ1) is 12.9. The maximum Gasteiger partial charge on any atom is 0.262 e. The Labute approximate surface area is 160 Å². The van der Waals surface area contributed by atoms with Crippen molar-refractivity contribution in [1.82, 2.24) is 10.5 Å². The summed E-state index contributed by atoms with van der Waals surface area (Å²) in [4.78, 5) is 12.2. The van der Waals surface area contributed by atoms with Crippen LogP contribution in [-0.4, -0.2) is 16.2 Å². The minimum absolute atomic E-state index is 0.0242. The van der Waals surface area contributed by atoms with Crippen molar-refractivity contribution in [2.24, 2.45) is 0 Å². The smallest absolute Gasteiger partial charge is 0.262 e. The van der Waals surface area contributed by atoms with E-state index in [1.54, 1.807) is 44.2 Å². The number of amides is 1. The summed E-state index contributed by atoms with van der Waals surface area (Å²) in [6.07, 6.45) is 0. The molecule has 0 aliphatic carbocycles. The van der Waals surface area contributed by atoms with Gasteiger partial charge in [0.05, 0.1) is 5.69 Å². The molecule has 0 atom stereocenters. The molecule has 0 saturated heterocycles. The van der Waals surface area contributed by atoms with Crippen LogP contribution in [0.3, 0.4) is 0 Å². The molecule has 8 heteroatoms. The van der Waals surface area contributed by atoms with Crippen LogP contribution in [-0.2, 0) is 0 Å². The van der Waals surface area contributed by atoms with E-state index in [9.17, 15) is 9.18 Å². The van der Waals surface area contributed by atoms with Crippen molar-refractivity contribution in [2.75, 3.05) is 5.32 Å². The van der Waals surface area contributed by atoms with Gasteiger partial charge in [0.2, 0.25) is 0 Å². The highest BCUT2D eigenvalue weighted by molar-refractivity contribution is 7.80. The van der Waals surface area contributed by atoms with E-state index in [1.807, 2.05) is 6.07 Å². The zero-order valence-electron chi connectivity index (χ0n) is 14.6. The van der Waals surface area contributed by atoms with Gasteiger partial charge >= 0.3 is 0 Å². The monoisotopic (exact) mass is 385 g/mol. The SMILES string of the molecule is Cc1noc(C)c1C(=O)NC(=S)Nc1ccc(Oc2ccccc2)c(F)c1. The number of ether oxygens (including phenoxy) is 1. The highest BCUT2D eigenvalue weighted by atomic mass is 32.1. The van der Waals surface area contributed by atoms with Crippen LogP contribution < -0.4 is 15.4 Å². The maximum absolute atomic E-state index is 14.3. The molecule has 138 valence electrons. The quantitative estimate of drug-likeness (QED) is 0.651. The van der Waals surface area contributed by atoms with E-state index in [1.165, 1.54) is 12.1 Å². The third-order valence-electron chi connectivity index (χ3n) is 3.65. The van der Waals surface area contributed by atoms with Crippen LogP contribution in [0.4, 0.5) is 10.1 Å². The van der Waals surface area contributed by atoms with E-state index < -0.39 is 11.7 Å². The van der Waals surface area contributed by atoms with Gasteiger partial charge in [0.25, 0.3) is 5.91 Å². The van der Waals surface area contributed by atoms with Crippen molar-refractivity contribution in [3.63, 3.8) is 0 Å². The number of para-hydroxylation sites is 1. The molecule has 0 spiro atoms. The van der Waals surface area contributed by atoms with Crippen molar-refractivity contribution in [3.05, 3.63) is 71.4 Å². The highest BCUT2D eigenvalue weighted by Gasteiger charge is 2.18. The second-order valence-corrected chi connectivity index (χ2v) is 6.08. The standard InChI is InChI=1S/C19H16FN3O3S/c1-11-17(12(2)26-23-11)18(24)22-19(27)21-13-8-9-16(15(20)10-13)25-14-6-4-3-5-7-14/h3-10H,1-2H3,(H2,21,22,24,27). The fourth-order valence-corrected chi connectivity index (χ4v) is 2.62. The van der Waals surface area contributed by atoms with Crippen LogP contribution >= 0.6 is 12.2 Å². The molecule has 1 aromatic heterocycles. The number of nitrogens with one attached hydrogen (secondary N) is 2. The number of carbonyl (C=O) groups is 1. The summed E-state index contributed by atoms with van der Waals surface area (Å²) >= 11 is 5.11. The van der Waals surface area contributed by atoms with Gasteiger partial charge in [-0.25, -0.2) is 4.39 Å². The molecule has 1 heterocycles. The molecular weight excluding hydrogens is 369 g/mol. The molecule has 3 rings (SSSR count). The normalized spacial score (nSPS) is 10.3. The van der Waals surface area contributed by atoms with Gasteiger partial charge in [-0.15, -0.1) is 0 Å². The van der Waals surface area contributed by atoms with Gasteiger partial charge in [0.15, 0.2) is 16.7 Å². The van der Waals surface area contributed by atoms with Gasteiger partial charge in [-0.1, -0.05) is 23.4 Å². The molecule has 2 N–H and O–H groups in total. The van der Waals surface area contributed by atoms with E-state index in [2.05, 4.69) is 15.8 Å². The number of nitrogens with zero attached hydrogens (tertiary/aromatic N) is 1. The topological polar surface area (TPSA) is 76.4 Å². The molecular formula is C19H16FN3O3S. The fourth-order valence-electron chi connectivity index (χ4n) is 2.41. The van der Waals surface area contributed by atoms with E-state index in [0.29, 0.717) is 28.5 Å². The van der Waals surface area contributed by atoms with Crippen LogP contribution in [0.1, 0.15) is 21.8 Å². The predicted molar refractivity (Wildman–Crippen MR) is 103 cm³/mol. The van der Waals surface area contributed by atoms with Gasteiger partial charge in [-0.3, -0.25) is 10.1 Å². The molecule has 0 saturated carbocycles. The average molecular weight is 385 g/mol. The third kappa shape index (κ3) is 4.48. The van der Waals surface area contributed by atoms with Crippen molar-refractivity contribution in [3.8, 4) is 11.5 Å². The fraction of sp³-hybridized carbons (Fsp3) is 0.105. The Kier molecular flexibility index (Phi) is 5.46. The Balaban J connectivity index is 1.64. The summed E-state index contributed by atoms with van der Waals surface area (Å²) < 4.78 is 24.7. The number of benzene rings is 2. The number of thiocarbonyl (C=S) groups is 1. The molecule has 0 radical (unpaired) electrons. The Morgan fingerprint density at radius 3 is 2.56 bits per heavy atom. The molecule has 3 aromatic rings. The Morgan fingerprint density at radius 1 is 1.19 bits per heavy atom. The molecule has 0 aliphatic rings. The van der Waals surface area contributed by atoms with Crippen LogP contribution in [0, 0.1) is 19.7 Å². The summed E-state index contributed by atoms with van der Waals surface area (Å²) in [5.41, 5.74) is 1.15. The lowest BCUT2D eigenvalue weighted by atomic mass is 10.2. The molecule has 0 aliphatic heterocycles. The summed E-state index contributed by atoms with van der Waals surface area (Å²) in [5.74, 6) is -0.0185. The minimum Gasteiger partial charge on any atom is -0.454 e. The molecule has 6 nitrogen and oxygen atoms in total. The minimum atomic E-state index is -0.566. The van der Waals surface area contributed by atoms with E-state index in [-0.39, 0.29) is 10.9 Å². The first-order valence-corrected chi connectivity index (χ1v) is 8.42. The lowest BCUT2D eigenvalue weighted by molar-refractivity contribution is 0.0976. The van der Waals surface area contributed by atoms with E-state index in [4.69, 9.17) is 21.5 Å². The number of hydrogen-bond acceptors (Lipinski definition) is 5. The zero-order valence-corrected chi connectivity index (χ0v) is 15.4. The molecule has 0 unspecified atom stereocenters. The summed E-state index contributed by atoms with van der Waals surface area (Å²) in [6.45, 7) is 3.29. The van der Waals surface area contributed by atoms with Gasteiger partial charge in [-0.05, 0) is 50.3 Å². The maximum atomic E-state index is 14.3. The van der Waals surface area contributed by atoms with Crippen molar-refractivity contribution < 1.29 is 18.4 Å². The lowest BCUT2D eigenvalue weighted by Gasteiger charge is -2.11. The summed E-state index contributed by atoms with van der Waals surface area (Å²) in [7, 11) is 0. The number of hydrogen-bond donors (Lipinski definition) is 2. The van der Waals surface area contributed by atoms with Gasteiger partial charge in [0.1, 0.15) is 17.1 Å². The van der Waals surface area contributed by atoms with Gasteiger partial charge < -0.3 is 14.6 Å². The summed E-state index contributed by atoms with van der Waals surface area (Å²) in [6, 6.07) is 13.2. The summed E-state index contributed by atoms with van der Waals surface area (Å²) in [5, 5.41) is 9.02. The van der Waals surface area contributed by atoms with Crippen molar-refractivity contribution in [1.29, 1.82) is 0 Å². The Morgan fingerprint density at radius 2 is 1.93 bits per heavy atom. The van der Waals surface area contributed by atoms with E-state index in [0.717, 1.165) is 0 Å². The second-order valence-electron chi connectivity index (χ2n) is 5.67. The Bertz CT molecular complexity index is 970. The third-order valence-corrected chi connectivity index (χ3v) is 3.85. The van der Waals surface area contributed by atoms with Crippen LogP contribution in [0.25, 0.3) is 0 Å². The molecule has 1 amide bonds.